The molecule has 0 radical (unpaired) electrons. The Labute approximate surface area is 165 Å². The van der Waals surface area contributed by atoms with E-state index in [1.165, 1.54) is 19.3 Å². The van der Waals surface area contributed by atoms with Crippen LogP contribution >= 0.6 is 0 Å². The second-order valence-electron chi connectivity index (χ2n) is 7.96. The summed E-state index contributed by atoms with van der Waals surface area (Å²) >= 11 is 0. The minimum absolute atomic E-state index is 0.361. The van der Waals surface area contributed by atoms with Gasteiger partial charge in [0.15, 0.2) is 0 Å². The van der Waals surface area contributed by atoms with Crippen LogP contribution in [0, 0.1) is 11.8 Å². The van der Waals surface area contributed by atoms with Gasteiger partial charge in [-0.1, -0.05) is 45.2 Å². The maximum atomic E-state index is 12.1. The molecule has 1 aliphatic rings. The molecule has 4 nitrogen and oxygen atoms in total. The van der Waals surface area contributed by atoms with Gasteiger partial charge in [-0.2, -0.15) is 13.2 Å². The third-order valence-electron chi connectivity index (χ3n) is 4.82. The van der Waals surface area contributed by atoms with Crippen molar-refractivity contribution in [2.45, 2.75) is 52.3 Å². The average molecular weight is 400 g/mol. The van der Waals surface area contributed by atoms with Crippen LogP contribution in [0.15, 0.2) is 24.3 Å². The molecule has 1 fully saturated rings. The number of benzene rings is 1. The Hall–Kier alpha value is -1.76. The summed E-state index contributed by atoms with van der Waals surface area (Å²) in [6, 6.07) is 7.86. The number of amides is 1. The van der Waals surface area contributed by atoms with Gasteiger partial charge < -0.3 is 10.1 Å². The summed E-state index contributed by atoms with van der Waals surface area (Å²) in [4.78, 5) is 13.7. The van der Waals surface area contributed by atoms with Gasteiger partial charge in [0.25, 0.3) is 0 Å². The molecular weight excluding hydrogens is 369 g/mol. The predicted octanol–water partition coefficient (Wildman–Crippen LogP) is 4.39. The van der Waals surface area contributed by atoms with Gasteiger partial charge in [0.2, 0.25) is 5.91 Å². The summed E-state index contributed by atoms with van der Waals surface area (Å²) in [6.07, 6.45) is 0.376. The zero-order valence-electron chi connectivity index (χ0n) is 16.7. The minimum atomic E-state index is -4.36. The van der Waals surface area contributed by atoms with Crippen molar-refractivity contribution in [2.24, 2.45) is 11.8 Å². The number of alkyl halides is 3. The van der Waals surface area contributed by atoms with Crippen molar-refractivity contribution in [1.29, 1.82) is 0 Å². The molecule has 158 valence electrons. The highest BCUT2D eigenvalue weighted by Crippen LogP contribution is 2.21. The fraction of sp³-hybridized carbons (Fsp3) is 0.667. The van der Waals surface area contributed by atoms with Gasteiger partial charge in [-0.25, -0.2) is 0 Å². The van der Waals surface area contributed by atoms with E-state index in [1.807, 2.05) is 34.5 Å². The van der Waals surface area contributed by atoms with E-state index >= 15 is 0 Å². The summed E-state index contributed by atoms with van der Waals surface area (Å²) in [7, 11) is 0. The van der Waals surface area contributed by atoms with Gasteiger partial charge in [-0.05, 0) is 30.0 Å². The van der Waals surface area contributed by atoms with Crippen LogP contribution in [0.4, 0.5) is 13.2 Å². The number of likely N-dealkylation sites (tertiary alicyclic amines) is 1. The molecule has 1 aromatic rings. The zero-order valence-corrected chi connectivity index (χ0v) is 16.7. The van der Waals surface area contributed by atoms with E-state index in [0.29, 0.717) is 19.6 Å². The van der Waals surface area contributed by atoms with E-state index in [1.54, 1.807) is 0 Å². The molecule has 1 N–H and O–H groups in total. The third kappa shape index (κ3) is 8.50. The monoisotopic (exact) mass is 400 g/mol. The lowest BCUT2D eigenvalue weighted by Crippen LogP contribution is -2.53. The van der Waals surface area contributed by atoms with Crippen LogP contribution < -0.4 is 10.1 Å². The number of ether oxygens (including phenoxy) is 1. The van der Waals surface area contributed by atoms with E-state index in [4.69, 9.17) is 4.74 Å². The van der Waals surface area contributed by atoms with Crippen LogP contribution in [-0.4, -0.2) is 43.2 Å². The molecular formula is C21H31F3N2O2. The van der Waals surface area contributed by atoms with Gasteiger partial charge in [0.05, 0.1) is 12.5 Å². The number of halogens is 3. The van der Waals surface area contributed by atoms with Crippen molar-refractivity contribution >= 4 is 5.91 Å². The molecule has 0 aliphatic carbocycles. The average Bonchev–Trinajstić information content (AvgIpc) is 2.59. The summed E-state index contributed by atoms with van der Waals surface area (Å²) in [5.41, 5.74) is 1.10. The number of nitrogens with one attached hydrogen (secondary N) is 1. The van der Waals surface area contributed by atoms with Crippen molar-refractivity contribution in [3.63, 3.8) is 0 Å². The van der Waals surface area contributed by atoms with E-state index in [0.717, 1.165) is 30.3 Å². The summed E-state index contributed by atoms with van der Waals surface area (Å²) in [5, 5.41) is 1.95. The van der Waals surface area contributed by atoms with E-state index in [2.05, 4.69) is 13.8 Å². The van der Waals surface area contributed by atoms with Crippen LogP contribution in [0.3, 0.4) is 0 Å². The standard InChI is InChI=1S/C21H31F3N2O2/c1-16(2)6-4-3-5-11-28-19-9-7-17(8-10-19)12-26-13-18(14-26)20(27)25-15-21(22,23)24/h7-10,16,18H,3-6,11-15H2,1-2H3,(H,25,27). The van der Waals surface area contributed by atoms with Crippen LogP contribution in [-0.2, 0) is 11.3 Å². The molecule has 0 bridgehead atoms. The van der Waals surface area contributed by atoms with Crippen LogP contribution in [0.1, 0.15) is 45.1 Å². The highest BCUT2D eigenvalue weighted by molar-refractivity contribution is 5.80. The van der Waals surface area contributed by atoms with E-state index in [9.17, 15) is 18.0 Å². The zero-order chi connectivity index (χ0) is 20.6. The number of carbonyl (C=O) groups is 1. The first kappa shape index (κ1) is 22.5. The molecule has 1 saturated heterocycles. The first-order chi connectivity index (χ1) is 13.2. The smallest absolute Gasteiger partial charge is 0.405 e. The molecule has 0 saturated carbocycles. The third-order valence-corrected chi connectivity index (χ3v) is 4.82. The predicted molar refractivity (Wildman–Crippen MR) is 103 cm³/mol. The number of rotatable bonds is 11. The first-order valence-corrected chi connectivity index (χ1v) is 10.0. The highest BCUT2D eigenvalue weighted by Gasteiger charge is 2.35. The number of hydrogen-bond donors (Lipinski definition) is 1. The molecule has 0 unspecified atom stereocenters. The van der Waals surface area contributed by atoms with Crippen LogP contribution in [0.5, 0.6) is 5.75 Å². The molecule has 2 rings (SSSR count). The maximum Gasteiger partial charge on any atom is 0.405 e. The summed E-state index contributed by atoms with van der Waals surface area (Å²) < 4.78 is 42.1. The Morgan fingerprint density at radius 2 is 1.86 bits per heavy atom. The van der Waals surface area contributed by atoms with Crippen LogP contribution in [0.25, 0.3) is 0 Å². The maximum absolute atomic E-state index is 12.1. The Morgan fingerprint density at radius 3 is 2.46 bits per heavy atom. The van der Waals surface area contributed by atoms with E-state index in [-0.39, 0.29) is 5.92 Å². The summed E-state index contributed by atoms with van der Waals surface area (Å²) in [6.45, 7) is 5.58. The van der Waals surface area contributed by atoms with Gasteiger partial charge >= 0.3 is 6.18 Å². The fourth-order valence-corrected chi connectivity index (χ4v) is 3.17. The highest BCUT2D eigenvalue weighted by atomic mass is 19.4. The van der Waals surface area contributed by atoms with Gasteiger partial charge in [-0.15, -0.1) is 0 Å². The quantitative estimate of drug-likeness (QED) is 0.560. The number of nitrogens with zero attached hydrogens (tertiary/aromatic N) is 1. The Kier molecular flexibility index (Phi) is 8.60. The largest absolute Gasteiger partial charge is 0.494 e. The fourth-order valence-electron chi connectivity index (χ4n) is 3.17. The van der Waals surface area contributed by atoms with Gasteiger partial charge in [0, 0.05) is 19.6 Å². The number of hydrogen-bond acceptors (Lipinski definition) is 3. The molecule has 1 aromatic carbocycles. The van der Waals surface area contributed by atoms with Crippen molar-refractivity contribution in [2.75, 3.05) is 26.2 Å². The molecule has 0 atom stereocenters. The van der Waals surface area contributed by atoms with Crippen molar-refractivity contribution < 1.29 is 22.7 Å². The summed E-state index contributed by atoms with van der Waals surface area (Å²) in [5.74, 6) is 0.719. The second-order valence-corrected chi connectivity index (χ2v) is 7.96. The molecule has 0 aromatic heterocycles. The van der Waals surface area contributed by atoms with Crippen molar-refractivity contribution in [1.82, 2.24) is 10.2 Å². The van der Waals surface area contributed by atoms with Crippen molar-refractivity contribution in [3.05, 3.63) is 29.8 Å². The Balaban J connectivity index is 1.60. The topological polar surface area (TPSA) is 41.6 Å². The molecule has 28 heavy (non-hydrogen) atoms. The number of unbranched alkanes of at least 4 members (excludes halogenated alkanes) is 2. The molecule has 0 spiro atoms. The van der Waals surface area contributed by atoms with E-state index < -0.39 is 18.6 Å². The molecule has 7 heteroatoms. The molecule has 1 aliphatic heterocycles. The Morgan fingerprint density at radius 1 is 1.18 bits per heavy atom. The first-order valence-electron chi connectivity index (χ1n) is 10.0. The van der Waals surface area contributed by atoms with Gasteiger partial charge in [0.1, 0.15) is 12.3 Å². The second kappa shape index (κ2) is 10.7. The van der Waals surface area contributed by atoms with Gasteiger partial charge in [-0.3, -0.25) is 9.69 Å². The SMILES string of the molecule is CC(C)CCCCCOc1ccc(CN2CC(C(=O)NCC(F)(F)F)C2)cc1. The molecule has 1 heterocycles. The normalized spacial score (nSPS) is 15.5. The lowest BCUT2D eigenvalue weighted by molar-refractivity contribution is -0.144. The number of carbonyl (C=O) groups excluding carboxylic acids is 1. The minimum Gasteiger partial charge on any atom is -0.494 e. The lowest BCUT2D eigenvalue weighted by Gasteiger charge is -2.38. The van der Waals surface area contributed by atoms with Crippen LogP contribution in [0.2, 0.25) is 0 Å². The lowest BCUT2D eigenvalue weighted by atomic mass is 9.98. The van der Waals surface area contributed by atoms with Crippen molar-refractivity contribution in [3.8, 4) is 5.75 Å². The Bertz CT molecular complexity index is 597. The molecule has 1 amide bonds.